The summed E-state index contributed by atoms with van der Waals surface area (Å²) in [4.78, 5) is 34.7. The number of esters is 1. The standard InChI is InChI=1S/C23H25N5O3/c1-26(2)20-8-6-18(7-9-20)15-19(16-24)23(30)31-17-22(29)28-13-11-27(12-14-28)21-5-3-4-10-25-21/h3-10,15H,11-14,17H2,1-2H3. The molecule has 1 aromatic carbocycles. The number of rotatable bonds is 6. The van der Waals surface area contributed by atoms with Crippen LogP contribution in [0.25, 0.3) is 6.08 Å². The van der Waals surface area contributed by atoms with E-state index in [0.29, 0.717) is 31.7 Å². The fourth-order valence-corrected chi connectivity index (χ4v) is 3.19. The number of aromatic nitrogens is 1. The summed E-state index contributed by atoms with van der Waals surface area (Å²) in [6, 6.07) is 15.0. The van der Waals surface area contributed by atoms with E-state index in [0.717, 1.165) is 11.5 Å². The Kier molecular flexibility index (Phi) is 7.22. The van der Waals surface area contributed by atoms with Gasteiger partial charge in [0.05, 0.1) is 0 Å². The third kappa shape index (κ3) is 5.82. The second-order valence-electron chi connectivity index (χ2n) is 7.29. The number of piperazine rings is 1. The highest BCUT2D eigenvalue weighted by atomic mass is 16.5. The van der Waals surface area contributed by atoms with Crippen molar-refractivity contribution in [3.63, 3.8) is 0 Å². The molecule has 1 fully saturated rings. The molecule has 0 spiro atoms. The Hall–Kier alpha value is -3.86. The highest BCUT2D eigenvalue weighted by Crippen LogP contribution is 2.15. The molecule has 0 radical (unpaired) electrons. The molecular formula is C23H25N5O3. The molecule has 0 unspecified atom stereocenters. The molecule has 31 heavy (non-hydrogen) atoms. The quantitative estimate of drug-likeness (QED) is 0.402. The molecule has 3 rings (SSSR count). The van der Waals surface area contributed by atoms with Gasteiger partial charge in [0.1, 0.15) is 17.5 Å². The van der Waals surface area contributed by atoms with Crippen LogP contribution in [0.4, 0.5) is 11.5 Å². The SMILES string of the molecule is CN(C)c1ccc(C=C(C#N)C(=O)OCC(=O)N2CCN(c3ccccn3)CC2)cc1. The first-order valence-corrected chi connectivity index (χ1v) is 9.98. The first-order chi connectivity index (χ1) is 15.0. The molecule has 8 heteroatoms. The fourth-order valence-electron chi connectivity index (χ4n) is 3.19. The average Bonchev–Trinajstić information content (AvgIpc) is 2.81. The van der Waals surface area contributed by atoms with Crippen LogP contribution in [-0.2, 0) is 14.3 Å². The number of anilines is 2. The molecule has 8 nitrogen and oxygen atoms in total. The molecule has 1 saturated heterocycles. The maximum Gasteiger partial charge on any atom is 0.349 e. The Morgan fingerprint density at radius 1 is 1.13 bits per heavy atom. The average molecular weight is 419 g/mol. The highest BCUT2D eigenvalue weighted by Gasteiger charge is 2.23. The third-order valence-corrected chi connectivity index (χ3v) is 4.99. The maximum atomic E-state index is 12.4. The molecule has 2 heterocycles. The van der Waals surface area contributed by atoms with Crippen molar-refractivity contribution in [2.45, 2.75) is 0 Å². The van der Waals surface area contributed by atoms with Gasteiger partial charge in [-0.2, -0.15) is 5.26 Å². The minimum Gasteiger partial charge on any atom is -0.451 e. The van der Waals surface area contributed by atoms with Crippen LogP contribution < -0.4 is 9.80 Å². The van der Waals surface area contributed by atoms with Crippen LogP contribution in [0.1, 0.15) is 5.56 Å². The Balaban J connectivity index is 1.51. The minimum atomic E-state index is -0.806. The number of ether oxygens (including phenoxy) is 1. The number of amides is 1. The summed E-state index contributed by atoms with van der Waals surface area (Å²) in [7, 11) is 3.86. The first-order valence-electron chi connectivity index (χ1n) is 9.98. The van der Waals surface area contributed by atoms with Crippen molar-refractivity contribution in [1.82, 2.24) is 9.88 Å². The molecular weight excluding hydrogens is 394 g/mol. The largest absolute Gasteiger partial charge is 0.451 e. The van der Waals surface area contributed by atoms with Crippen molar-refractivity contribution in [2.24, 2.45) is 0 Å². The van der Waals surface area contributed by atoms with Gasteiger partial charge in [-0.05, 0) is 35.9 Å². The molecule has 0 N–H and O–H groups in total. The monoisotopic (exact) mass is 419 g/mol. The summed E-state index contributed by atoms with van der Waals surface area (Å²) >= 11 is 0. The number of hydrogen-bond acceptors (Lipinski definition) is 7. The summed E-state index contributed by atoms with van der Waals surface area (Å²) in [5.41, 5.74) is 1.56. The lowest BCUT2D eigenvalue weighted by Crippen LogP contribution is -2.50. The smallest absolute Gasteiger partial charge is 0.349 e. The van der Waals surface area contributed by atoms with Crippen molar-refractivity contribution in [2.75, 3.05) is 56.7 Å². The van der Waals surface area contributed by atoms with E-state index in [2.05, 4.69) is 9.88 Å². The van der Waals surface area contributed by atoms with Crippen LogP contribution >= 0.6 is 0 Å². The van der Waals surface area contributed by atoms with Gasteiger partial charge in [-0.3, -0.25) is 4.79 Å². The van der Waals surface area contributed by atoms with E-state index >= 15 is 0 Å². The van der Waals surface area contributed by atoms with Gasteiger partial charge in [-0.25, -0.2) is 9.78 Å². The van der Waals surface area contributed by atoms with Crippen LogP contribution in [0.3, 0.4) is 0 Å². The molecule has 160 valence electrons. The van der Waals surface area contributed by atoms with Gasteiger partial charge >= 0.3 is 5.97 Å². The summed E-state index contributed by atoms with van der Waals surface area (Å²) in [6.45, 7) is 1.96. The zero-order valence-electron chi connectivity index (χ0n) is 17.7. The molecule has 1 aliphatic heterocycles. The third-order valence-electron chi connectivity index (χ3n) is 4.99. The van der Waals surface area contributed by atoms with Crippen LogP contribution in [0.5, 0.6) is 0 Å². The number of nitrogens with zero attached hydrogens (tertiary/aromatic N) is 5. The van der Waals surface area contributed by atoms with Gasteiger partial charge in [-0.15, -0.1) is 0 Å². The highest BCUT2D eigenvalue weighted by molar-refractivity contribution is 5.98. The first kappa shape index (κ1) is 21.8. The lowest BCUT2D eigenvalue weighted by molar-refractivity contribution is -0.148. The predicted molar refractivity (Wildman–Crippen MR) is 118 cm³/mol. The van der Waals surface area contributed by atoms with E-state index in [1.165, 1.54) is 6.08 Å². The van der Waals surface area contributed by atoms with Gasteiger partial charge in [0.2, 0.25) is 0 Å². The van der Waals surface area contributed by atoms with E-state index in [4.69, 9.17) is 4.74 Å². The van der Waals surface area contributed by atoms with Gasteiger partial charge in [0.25, 0.3) is 5.91 Å². The summed E-state index contributed by atoms with van der Waals surface area (Å²) in [5.74, 6) is -0.204. The van der Waals surface area contributed by atoms with Crippen molar-refractivity contribution in [3.05, 3.63) is 59.8 Å². The number of benzene rings is 1. The van der Waals surface area contributed by atoms with Crippen LogP contribution in [0.2, 0.25) is 0 Å². The number of hydrogen-bond donors (Lipinski definition) is 0. The molecule has 1 aromatic heterocycles. The number of carbonyl (C=O) groups is 2. The fraction of sp³-hybridized carbons (Fsp3) is 0.304. The second kappa shape index (κ2) is 10.3. The summed E-state index contributed by atoms with van der Waals surface area (Å²) in [6.07, 6.45) is 3.20. The van der Waals surface area contributed by atoms with Gasteiger partial charge < -0.3 is 19.4 Å². The lowest BCUT2D eigenvalue weighted by atomic mass is 10.1. The van der Waals surface area contributed by atoms with Crippen molar-refractivity contribution < 1.29 is 14.3 Å². The van der Waals surface area contributed by atoms with Crippen LogP contribution in [0, 0.1) is 11.3 Å². The topological polar surface area (TPSA) is 89.8 Å². The van der Waals surface area contributed by atoms with Crippen LogP contribution in [0.15, 0.2) is 54.2 Å². The van der Waals surface area contributed by atoms with Gasteiger partial charge in [0, 0.05) is 52.2 Å². The molecule has 0 atom stereocenters. The second-order valence-corrected chi connectivity index (χ2v) is 7.29. The van der Waals surface area contributed by atoms with Gasteiger partial charge in [-0.1, -0.05) is 18.2 Å². The van der Waals surface area contributed by atoms with E-state index < -0.39 is 5.97 Å². The Morgan fingerprint density at radius 3 is 2.42 bits per heavy atom. The van der Waals surface area contributed by atoms with Crippen molar-refractivity contribution in [1.29, 1.82) is 5.26 Å². The zero-order valence-corrected chi connectivity index (χ0v) is 17.7. The molecule has 0 saturated carbocycles. The van der Waals surface area contributed by atoms with Crippen LogP contribution in [-0.4, -0.2) is 68.6 Å². The lowest BCUT2D eigenvalue weighted by Gasteiger charge is -2.35. The van der Waals surface area contributed by atoms with E-state index in [1.807, 2.05) is 67.5 Å². The normalized spacial score (nSPS) is 14.0. The number of carbonyl (C=O) groups excluding carboxylic acids is 2. The number of pyridine rings is 1. The Labute approximate surface area is 182 Å². The minimum absolute atomic E-state index is 0.148. The van der Waals surface area contributed by atoms with Crippen molar-refractivity contribution in [3.8, 4) is 6.07 Å². The predicted octanol–water partition coefficient (Wildman–Crippen LogP) is 1.95. The van der Waals surface area contributed by atoms with E-state index in [-0.39, 0.29) is 18.1 Å². The van der Waals surface area contributed by atoms with Gasteiger partial charge in [0.15, 0.2) is 6.61 Å². The Bertz CT molecular complexity index is 973. The molecule has 1 amide bonds. The molecule has 2 aromatic rings. The van der Waals surface area contributed by atoms with E-state index in [1.54, 1.807) is 11.1 Å². The number of nitriles is 1. The summed E-state index contributed by atoms with van der Waals surface area (Å²) < 4.78 is 5.10. The zero-order chi connectivity index (χ0) is 22.2. The van der Waals surface area contributed by atoms with Crippen molar-refractivity contribution >= 4 is 29.5 Å². The molecule has 1 aliphatic rings. The van der Waals surface area contributed by atoms with E-state index in [9.17, 15) is 14.9 Å². The summed E-state index contributed by atoms with van der Waals surface area (Å²) in [5, 5.41) is 9.32. The Morgan fingerprint density at radius 2 is 1.84 bits per heavy atom. The molecule has 0 aliphatic carbocycles. The molecule has 0 bridgehead atoms. The maximum absolute atomic E-state index is 12.4.